The number of carbonyl (C=O) groups is 2. The van der Waals surface area contributed by atoms with Gasteiger partial charge in [-0.25, -0.2) is 4.79 Å². The first-order valence-corrected chi connectivity index (χ1v) is 6.37. The van der Waals surface area contributed by atoms with Crippen LogP contribution >= 0.6 is 0 Å². The maximum absolute atomic E-state index is 11.5. The maximum atomic E-state index is 11.5. The number of hydrogen-bond acceptors (Lipinski definition) is 3. The van der Waals surface area contributed by atoms with Crippen LogP contribution in [0.25, 0.3) is 0 Å². The molecular formula is C12H22N2O4. The molecule has 0 radical (unpaired) electrons. The standard InChI is InChI=1S/C12H22N2O4/c1-8(2)18-6-5-13-12(17)14-10-4-3-9(7-10)11(15)16/h8-10H,3-7H2,1-2H3,(H,15,16)(H2,13,14,17)/t9-,10+/m1/s1. The van der Waals surface area contributed by atoms with Crippen molar-refractivity contribution in [1.29, 1.82) is 0 Å². The normalized spacial score (nSPS) is 23.1. The zero-order valence-electron chi connectivity index (χ0n) is 10.9. The van der Waals surface area contributed by atoms with Gasteiger partial charge in [0.2, 0.25) is 0 Å². The molecule has 0 aromatic carbocycles. The minimum atomic E-state index is -0.773. The van der Waals surface area contributed by atoms with Gasteiger partial charge in [0, 0.05) is 12.6 Å². The quantitative estimate of drug-likeness (QED) is 0.619. The molecule has 1 saturated carbocycles. The van der Waals surface area contributed by atoms with Crippen molar-refractivity contribution in [2.75, 3.05) is 13.2 Å². The minimum absolute atomic E-state index is 0.0304. The Bertz CT molecular complexity index is 294. The van der Waals surface area contributed by atoms with E-state index in [9.17, 15) is 9.59 Å². The molecule has 2 atom stereocenters. The van der Waals surface area contributed by atoms with Crippen molar-refractivity contribution in [3.05, 3.63) is 0 Å². The van der Waals surface area contributed by atoms with Gasteiger partial charge in [0.1, 0.15) is 0 Å². The van der Waals surface area contributed by atoms with Crippen LogP contribution in [0.1, 0.15) is 33.1 Å². The van der Waals surface area contributed by atoms with Crippen LogP contribution in [0.4, 0.5) is 4.79 Å². The Kier molecular flexibility index (Phi) is 5.91. The molecule has 6 nitrogen and oxygen atoms in total. The third-order valence-electron chi connectivity index (χ3n) is 2.96. The molecule has 2 amide bonds. The van der Waals surface area contributed by atoms with Gasteiger partial charge < -0.3 is 20.5 Å². The molecule has 1 aliphatic rings. The van der Waals surface area contributed by atoms with Crippen LogP contribution in [0.5, 0.6) is 0 Å². The van der Waals surface area contributed by atoms with Crippen molar-refractivity contribution >= 4 is 12.0 Å². The Hall–Kier alpha value is -1.30. The lowest BCUT2D eigenvalue weighted by Gasteiger charge is -2.14. The molecular weight excluding hydrogens is 236 g/mol. The van der Waals surface area contributed by atoms with E-state index < -0.39 is 5.97 Å². The first-order chi connectivity index (χ1) is 8.49. The van der Waals surface area contributed by atoms with E-state index >= 15 is 0 Å². The Labute approximate surface area is 107 Å². The van der Waals surface area contributed by atoms with E-state index in [4.69, 9.17) is 9.84 Å². The van der Waals surface area contributed by atoms with E-state index in [-0.39, 0.29) is 24.1 Å². The maximum Gasteiger partial charge on any atom is 0.315 e. The SMILES string of the molecule is CC(C)OCCNC(=O)N[C@H]1CC[C@@H](C(=O)O)C1. The minimum Gasteiger partial charge on any atom is -0.481 e. The number of ether oxygens (including phenoxy) is 1. The monoisotopic (exact) mass is 258 g/mol. The molecule has 6 heteroatoms. The Morgan fingerprint density at radius 3 is 2.67 bits per heavy atom. The van der Waals surface area contributed by atoms with Gasteiger partial charge in [0.15, 0.2) is 0 Å². The fourth-order valence-electron chi connectivity index (χ4n) is 2.03. The lowest BCUT2D eigenvalue weighted by Crippen LogP contribution is -2.42. The smallest absolute Gasteiger partial charge is 0.315 e. The highest BCUT2D eigenvalue weighted by Gasteiger charge is 2.30. The summed E-state index contributed by atoms with van der Waals surface area (Å²) >= 11 is 0. The first-order valence-electron chi connectivity index (χ1n) is 6.37. The number of hydrogen-bond donors (Lipinski definition) is 3. The Morgan fingerprint density at radius 2 is 2.11 bits per heavy atom. The predicted molar refractivity (Wildman–Crippen MR) is 66.4 cm³/mol. The van der Waals surface area contributed by atoms with Crippen molar-refractivity contribution in [1.82, 2.24) is 10.6 Å². The summed E-state index contributed by atoms with van der Waals surface area (Å²) in [6.45, 7) is 4.81. The van der Waals surface area contributed by atoms with Gasteiger partial charge in [-0.1, -0.05) is 0 Å². The van der Waals surface area contributed by atoms with Gasteiger partial charge in [-0.2, -0.15) is 0 Å². The molecule has 0 saturated heterocycles. The molecule has 1 fully saturated rings. The summed E-state index contributed by atoms with van der Waals surface area (Å²) in [6, 6.07) is -0.282. The molecule has 104 valence electrons. The number of nitrogens with one attached hydrogen (secondary N) is 2. The Balaban J connectivity index is 2.12. The zero-order valence-corrected chi connectivity index (χ0v) is 10.9. The van der Waals surface area contributed by atoms with Crippen molar-refractivity contribution in [3.63, 3.8) is 0 Å². The van der Waals surface area contributed by atoms with E-state index in [2.05, 4.69) is 10.6 Å². The van der Waals surface area contributed by atoms with E-state index in [0.29, 0.717) is 26.0 Å². The summed E-state index contributed by atoms with van der Waals surface area (Å²) in [4.78, 5) is 22.3. The largest absolute Gasteiger partial charge is 0.481 e. The highest BCUT2D eigenvalue weighted by atomic mass is 16.5. The van der Waals surface area contributed by atoms with Crippen LogP contribution in [-0.2, 0) is 9.53 Å². The lowest BCUT2D eigenvalue weighted by atomic mass is 10.1. The highest BCUT2D eigenvalue weighted by Crippen LogP contribution is 2.25. The summed E-state index contributed by atoms with van der Waals surface area (Å²) < 4.78 is 5.29. The van der Waals surface area contributed by atoms with Crippen LogP contribution in [0, 0.1) is 5.92 Å². The highest BCUT2D eigenvalue weighted by molar-refractivity contribution is 5.75. The second-order valence-electron chi connectivity index (χ2n) is 4.86. The predicted octanol–water partition coefficient (Wildman–Crippen LogP) is 0.964. The van der Waals surface area contributed by atoms with Gasteiger partial charge in [-0.15, -0.1) is 0 Å². The number of rotatable bonds is 6. The van der Waals surface area contributed by atoms with E-state index in [1.165, 1.54) is 0 Å². The second-order valence-corrected chi connectivity index (χ2v) is 4.86. The van der Waals surface area contributed by atoms with Gasteiger partial charge in [0.25, 0.3) is 0 Å². The van der Waals surface area contributed by atoms with E-state index in [1.54, 1.807) is 0 Å². The summed E-state index contributed by atoms with van der Waals surface area (Å²) in [5, 5.41) is 14.3. The number of carbonyl (C=O) groups excluding carboxylic acids is 1. The average Bonchev–Trinajstić information content (AvgIpc) is 2.72. The number of carboxylic acid groups (broad SMARTS) is 1. The third kappa shape index (κ3) is 5.35. The van der Waals surface area contributed by atoms with Gasteiger partial charge in [-0.05, 0) is 33.1 Å². The summed E-state index contributed by atoms with van der Waals surface area (Å²) in [6.07, 6.45) is 2.04. The van der Waals surface area contributed by atoms with Crippen molar-refractivity contribution < 1.29 is 19.4 Å². The van der Waals surface area contributed by atoms with Gasteiger partial charge in [0.05, 0.1) is 18.6 Å². The fraction of sp³-hybridized carbons (Fsp3) is 0.833. The van der Waals surface area contributed by atoms with E-state index in [1.807, 2.05) is 13.8 Å². The molecule has 0 heterocycles. The molecule has 0 aliphatic heterocycles. The van der Waals surface area contributed by atoms with Crippen molar-refractivity contribution in [3.8, 4) is 0 Å². The van der Waals surface area contributed by atoms with Crippen LogP contribution in [0.2, 0.25) is 0 Å². The molecule has 18 heavy (non-hydrogen) atoms. The van der Waals surface area contributed by atoms with Crippen LogP contribution < -0.4 is 10.6 Å². The molecule has 0 aromatic rings. The van der Waals surface area contributed by atoms with Gasteiger partial charge >= 0.3 is 12.0 Å². The zero-order chi connectivity index (χ0) is 13.5. The van der Waals surface area contributed by atoms with Crippen molar-refractivity contribution in [2.24, 2.45) is 5.92 Å². The van der Waals surface area contributed by atoms with Crippen LogP contribution in [-0.4, -0.2) is 42.4 Å². The van der Waals surface area contributed by atoms with Crippen LogP contribution in [0.15, 0.2) is 0 Å². The molecule has 0 aromatic heterocycles. The van der Waals surface area contributed by atoms with Crippen molar-refractivity contribution in [2.45, 2.75) is 45.3 Å². The molecule has 0 unspecified atom stereocenters. The summed E-state index contributed by atoms with van der Waals surface area (Å²) in [5.74, 6) is -1.09. The van der Waals surface area contributed by atoms with E-state index in [0.717, 1.165) is 6.42 Å². The molecule has 3 N–H and O–H groups in total. The molecule has 0 spiro atoms. The first kappa shape index (κ1) is 14.8. The van der Waals surface area contributed by atoms with Crippen LogP contribution in [0.3, 0.4) is 0 Å². The number of carboxylic acids is 1. The molecule has 1 rings (SSSR count). The number of aliphatic carboxylic acids is 1. The van der Waals surface area contributed by atoms with Gasteiger partial charge in [-0.3, -0.25) is 4.79 Å². The Morgan fingerprint density at radius 1 is 1.39 bits per heavy atom. The fourth-order valence-corrected chi connectivity index (χ4v) is 2.03. The number of amides is 2. The third-order valence-corrected chi connectivity index (χ3v) is 2.96. The summed E-state index contributed by atoms with van der Waals surface area (Å²) in [5.41, 5.74) is 0. The second kappa shape index (κ2) is 7.20. The topological polar surface area (TPSA) is 87.7 Å². The molecule has 1 aliphatic carbocycles. The lowest BCUT2D eigenvalue weighted by molar-refractivity contribution is -0.141. The summed E-state index contributed by atoms with van der Waals surface area (Å²) in [7, 11) is 0. The number of urea groups is 1. The molecule has 0 bridgehead atoms. The average molecular weight is 258 g/mol.